The SMILES string of the molecule is CCCCN(C)c1ccc(C(=O)N(CC(=O)O)C(C)C)cc1. The monoisotopic (exact) mass is 306 g/mol. The number of aliphatic carboxylic acids is 1. The van der Waals surface area contributed by atoms with Crippen LogP contribution in [0.5, 0.6) is 0 Å². The molecular formula is C17H26N2O3. The second-order valence-electron chi connectivity index (χ2n) is 5.74. The predicted octanol–water partition coefficient (Wildman–Crippen LogP) is 2.86. The van der Waals surface area contributed by atoms with Crippen molar-refractivity contribution < 1.29 is 14.7 Å². The van der Waals surface area contributed by atoms with Gasteiger partial charge < -0.3 is 14.9 Å². The zero-order valence-corrected chi connectivity index (χ0v) is 13.9. The molecule has 122 valence electrons. The summed E-state index contributed by atoms with van der Waals surface area (Å²) < 4.78 is 0. The Labute approximate surface area is 132 Å². The van der Waals surface area contributed by atoms with Crippen LogP contribution in [0.15, 0.2) is 24.3 Å². The van der Waals surface area contributed by atoms with Gasteiger partial charge in [-0.05, 0) is 44.5 Å². The molecule has 1 rings (SSSR count). The molecule has 0 saturated carbocycles. The molecule has 0 atom stereocenters. The van der Waals surface area contributed by atoms with Crippen LogP contribution in [0.1, 0.15) is 44.0 Å². The zero-order valence-electron chi connectivity index (χ0n) is 13.9. The Morgan fingerprint density at radius 1 is 1.18 bits per heavy atom. The highest BCUT2D eigenvalue weighted by Crippen LogP contribution is 2.16. The molecule has 0 aliphatic rings. The van der Waals surface area contributed by atoms with Crippen molar-refractivity contribution in [1.82, 2.24) is 4.90 Å². The standard InChI is InChI=1S/C17H26N2O3/c1-5-6-11-18(4)15-9-7-14(8-10-15)17(22)19(13(2)3)12-16(20)21/h7-10,13H,5-6,11-12H2,1-4H3,(H,20,21). The quantitative estimate of drug-likeness (QED) is 0.802. The molecule has 1 amide bonds. The van der Waals surface area contributed by atoms with Crippen molar-refractivity contribution in [3.8, 4) is 0 Å². The van der Waals surface area contributed by atoms with Crippen molar-refractivity contribution in [1.29, 1.82) is 0 Å². The summed E-state index contributed by atoms with van der Waals surface area (Å²) in [6, 6.07) is 7.18. The van der Waals surface area contributed by atoms with Crippen LogP contribution in [0.3, 0.4) is 0 Å². The van der Waals surface area contributed by atoms with Crippen molar-refractivity contribution in [2.75, 3.05) is 25.0 Å². The molecule has 5 heteroatoms. The second kappa shape index (κ2) is 8.41. The van der Waals surface area contributed by atoms with Gasteiger partial charge in [-0.15, -0.1) is 0 Å². The Bertz CT molecular complexity index is 497. The first-order valence-electron chi connectivity index (χ1n) is 7.70. The van der Waals surface area contributed by atoms with Gasteiger partial charge in [0, 0.05) is 30.9 Å². The first-order valence-corrected chi connectivity index (χ1v) is 7.70. The third-order valence-corrected chi connectivity index (χ3v) is 3.59. The Morgan fingerprint density at radius 3 is 2.23 bits per heavy atom. The van der Waals surface area contributed by atoms with Crippen molar-refractivity contribution in [3.05, 3.63) is 29.8 Å². The van der Waals surface area contributed by atoms with Gasteiger partial charge in [-0.25, -0.2) is 0 Å². The molecule has 22 heavy (non-hydrogen) atoms. The number of rotatable bonds is 8. The number of carbonyl (C=O) groups is 2. The Hall–Kier alpha value is -2.04. The summed E-state index contributed by atoms with van der Waals surface area (Å²) in [4.78, 5) is 26.8. The van der Waals surface area contributed by atoms with Crippen LogP contribution in [0.2, 0.25) is 0 Å². The molecular weight excluding hydrogens is 280 g/mol. The number of anilines is 1. The van der Waals surface area contributed by atoms with Gasteiger partial charge in [-0.1, -0.05) is 13.3 Å². The first kappa shape index (κ1) is 18.0. The number of unbranched alkanes of at least 4 members (excludes halogenated alkanes) is 1. The van der Waals surface area contributed by atoms with E-state index in [1.165, 1.54) is 4.90 Å². The van der Waals surface area contributed by atoms with E-state index in [0.717, 1.165) is 25.1 Å². The topological polar surface area (TPSA) is 60.9 Å². The molecule has 0 heterocycles. The van der Waals surface area contributed by atoms with Gasteiger partial charge in [0.25, 0.3) is 5.91 Å². The lowest BCUT2D eigenvalue weighted by Gasteiger charge is -2.25. The molecule has 0 aliphatic heterocycles. The largest absolute Gasteiger partial charge is 0.480 e. The van der Waals surface area contributed by atoms with Crippen LogP contribution >= 0.6 is 0 Å². The summed E-state index contributed by atoms with van der Waals surface area (Å²) in [5, 5.41) is 8.93. The number of carboxylic acid groups (broad SMARTS) is 1. The fourth-order valence-corrected chi connectivity index (χ4v) is 2.18. The maximum absolute atomic E-state index is 12.4. The maximum Gasteiger partial charge on any atom is 0.323 e. The number of nitrogens with zero attached hydrogens (tertiary/aromatic N) is 2. The van der Waals surface area contributed by atoms with E-state index in [0.29, 0.717) is 5.56 Å². The summed E-state index contributed by atoms with van der Waals surface area (Å²) in [5.74, 6) is -1.25. The van der Waals surface area contributed by atoms with E-state index in [1.807, 2.05) is 33.0 Å². The molecule has 5 nitrogen and oxygen atoms in total. The number of hydrogen-bond donors (Lipinski definition) is 1. The van der Waals surface area contributed by atoms with Crippen LogP contribution in [-0.2, 0) is 4.79 Å². The van der Waals surface area contributed by atoms with Gasteiger partial charge in [-0.2, -0.15) is 0 Å². The summed E-state index contributed by atoms with van der Waals surface area (Å²) in [7, 11) is 2.03. The molecule has 1 aromatic carbocycles. The molecule has 0 spiro atoms. The molecule has 1 aromatic rings. The van der Waals surface area contributed by atoms with E-state index in [4.69, 9.17) is 5.11 Å². The Morgan fingerprint density at radius 2 is 1.77 bits per heavy atom. The highest BCUT2D eigenvalue weighted by Gasteiger charge is 2.21. The number of carbonyl (C=O) groups excluding carboxylic acids is 1. The molecule has 0 unspecified atom stereocenters. The fourth-order valence-electron chi connectivity index (χ4n) is 2.18. The van der Waals surface area contributed by atoms with Gasteiger partial charge in [0.15, 0.2) is 0 Å². The van der Waals surface area contributed by atoms with Gasteiger partial charge in [0.2, 0.25) is 0 Å². The third kappa shape index (κ3) is 5.06. The van der Waals surface area contributed by atoms with Gasteiger partial charge in [0.05, 0.1) is 0 Å². The number of amides is 1. The maximum atomic E-state index is 12.4. The lowest BCUT2D eigenvalue weighted by atomic mass is 10.1. The number of benzene rings is 1. The van der Waals surface area contributed by atoms with Crippen LogP contribution in [0, 0.1) is 0 Å². The first-order chi connectivity index (χ1) is 10.4. The summed E-state index contributed by atoms with van der Waals surface area (Å²) in [6.45, 7) is 6.47. The van der Waals surface area contributed by atoms with Crippen LogP contribution in [0.25, 0.3) is 0 Å². The minimum atomic E-state index is -1.00. The second-order valence-corrected chi connectivity index (χ2v) is 5.74. The minimum Gasteiger partial charge on any atom is -0.480 e. The van der Waals surface area contributed by atoms with Gasteiger partial charge in [0.1, 0.15) is 6.54 Å². The number of hydrogen-bond acceptors (Lipinski definition) is 3. The van der Waals surface area contributed by atoms with Crippen LogP contribution in [0.4, 0.5) is 5.69 Å². The van der Waals surface area contributed by atoms with E-state index >= 15 is 0 Å². The summed E-state index contributed by atoms with van der Waals surface area (Å²) >= 11 is 0. The van der Waals surface area contributed by atoms with E-state index in [9.17, 15) is 9.59 Å². The van der Waals surface area contributed by atoms with Gasteiger partial charge >= 0.3 is 5.97 Å². The highest BCUT2D eigenvalue weighted by molar-refractivity contribution is 5.96. The molecule has 0 saturated heterocycles. The molecule has 1 N–H and O–H groups in total. The predicted molar refractivity (Wildman–Crippen MR) is 88.4 cm³/mol. The summed E-state index contributed by atoms with van der Waals surface area (Å²) in [5.41, 5.74) is 1.57. The van der Waals surface area contributed by atoms with Crippen molar-refractivity contribution in [2.24, 2.45) is 0 Å². The number of carboxylic acids is 1. The lowest BCUT2D eigenvalue weighted by Crippen LogP contribution is -2.40. The Balaban J connectivity index is 2.83. The third-order valence-electron chi connectivity index (χ3n) is 3.59. The molecule has 0 aliphatic carbocycles. The molecule has 0 bridgehead atoms. The van der Waals surface area contributed by atoms with Crippen LogP contribution < -0.4 is 4.90 Å². The van der Waals surface area contributed by atoms with E-state index < -0.39 is 5.97 Å². The smallest absolute Gasteiger partial charge is 0.323 e. The van der Waals surface area contributed by atoms with Crippen molar-refractivity contribution in [3.63, 3.8) is 0 Å². The Kier molecular flexibility index (Phi) is 6.89. The highest BCUT2D eigenvalue weighted by atomic mass is 16.4. The van der Waals surface area contributed by atoms with Crippen LogP contribution in [-0.4, -0.2) is 48.1 Å². The van der Waals surface area contributed by atoms with Crippen molar-refractivity contribution >= 4 is 17.6 Å². The normalized spacial score (nSPS) is 10.6. The van der Waals surface area contributed by atoms with E-state index in [1.54, 1.807) is 12.1 Å². The van der Waals surface area contributed by atoms with E-state index in [2.05, 4.69) is 11.8 Å². The molecule has 0 fully saturated rings. The average molecular weight is 306 g/mol. The van der Waals surface area contributed by atoms with E-state index in [-0.39, 0.29) is 18.5 Å². The minimum absolute atomic E-state index is 0.157. The van der Waals surface area contributed by atoms with Gasteiger partial charge in [-0.3, -0.25) is 9.59 Å². The fraction of sp³-hybridized carbons (Fsp3) is 0.529. The average Bonchev–Trinajstić information content (AvgIpc) is 2.49. The van der Waals surface area contributed by atoms with Crippen molar-refractivity contribution in [2.45, 2.75) is 39.7 Å². The zero-order chi connectivity index (χ0) is 16.7. The lowest BCUT2D eigenvalue weighted by molar-refractivity contribution is -0.138. The molecule has 0 radical (unpaired) electrons. The molecule has 0 aromatic heterocycles. The summed E-state index contributed by atoms with van der Waals surface area (Å²) in [6.07, 6.45) is 2.26.